The highest BCUT2D eigenvalue weighted by Crippen LogP contribution is 2.29. The summed E-state index contributed by atoms with van der Waals surface area (Å²) in [7, 11) is 0. The van der Waals surface area contributed by atoms with Gasteiger partial charge in [-0.25, -0.2) is 0 Å². The fourth-order valence-corrected chi connectivity index (χ4v) is 3.26. The van der Waals surface area contributed by atoms with Crippen molar-refractivity contribution in [2.45, 2.75) is 37.4 Å². The smallest absolute Gasteiger partial charge is 0.324 e. The third kappa shape index (κ3) is 4.24. The number of carbonyl (C=O) groups is 1. The van der Waals surface area contributed by atoms with Crippen LogP contribution >= 0.6 is 0 Å². The summed E-state index contributed by atoms with van der Waals surface area (Å²) in [6.45, 7) is 1.39. The summed E-state index contributed by atoms with van der Waals surface area (Å²) in [5, 5.41) is 10.4. The van der Waals surface area contributed by atoms with Gasteiger partial charge in [0.15, 0.2) is 0 Å². The second-order valence-corrected chi connectivity index (χ2v) is 6.50. The molecular weight excluding hydrogens is 345 g/mol. The molecule has 1 aromatic carbocycles. The minimum absolute atomic E-state index is 0.110. The van der Waals surface area contributed by atoms with Crippen molar-refractivity contribution in [1.29, 1.82) is 0 Å². The number of alkyl halides is 3. The number of nitrogens with one attached hydrogen (secondary N) is 2. The monoisotopic (exact) mass is 366 g/mol. The van der Waals surface area contributed by atoms with Gasteiger partial charge in [0.25, 0.3) is 5.91 Å². The second-order valence-electron chi connectivity index (χ2n) is 6.50. The first-order valence-electron chi connectivity index (χ1n) is 8.57. The van der Waals surface area contributed by atoms with E-state index >= 15 is 0 Å². The van der Waals surface area contributed by atoms with E-state index in [1.54, 1.807) is 47.4 Å². The van der Waals surface area contributed by atoms with Crippen LogP contribution in [-0.2, 0) is 16.8 Å². The summed E-state index contributed by atoms with van der Waals surface area (Å²) in [4.78, 5) is 13.0. The highest BCUT2D eigenvalue weighted by molar-refractivity contribution is 5.96. The van der Waals surface area contributed by atoms with Crippen LogP contribution in [0.15, 0.2) is 42.7 Å². The third-order valence-corrected chi connectivity index (χ3v) is 4.68. The maximum absolute atomic E-state index is 13.0. The molecule has 140 valence electrons. The molecule has 0 radical (unpaired) electrons. The van der Waals surface area contributed by atoms with Crippen LogP contribution in [0.3, 0.4) is 0 Å². The molecule has 0 bridgehead atoms. The van der Waals surface area contributed by atoms with Crippen molar-refractivity contribution in [1.82, 2.24) is 15.1 Å². The summed E-state index contributed by atoms with van der Waals surface area (Å²) in [5.41, 5.74) is 0.245. The number of carbonyl (C=O) groups excluding carboxylic acids is 1. The van der Waals surface area contributed by atoms with Gasteiger partial charge in [-0.15, -0.1) is 0 Å². The lowest BCUT2D eigenvalue weighted by Gasteiger charge is -2.36. The van der Waals surface area contributed by atoms with Crippen molar-refractivity contribution >= 4 is 11.6 Å². The van der Waals surface area contributed by atoms with Crippen LogP contribution in [0.5, 0.6) is 0 Å². The first kappa shape index (κ1) is 18.4. The van der Waals surface area contributed by atoms with Gasteiger partial charge in [0, 0.05) is 24.5 Å². The van der Waals surface area contributed by atoms with E-state index in [1.807, 2.05) is 0 Å². The molecule has 2 aromatic rings. The zero-order valence-electron chi connectivity index (χ0n) is 14.2. The van der Waals surface area contributed by atoms with E-state index in [2.05, 4.69) is 15.7 Å². The molecule has 2 N–H and O–H groups in total. The van der Waals surface area contributed by atoms with Crippen LogP contribution in [0.2, 0.25) is 0 Å². The largest absolute Gasteiger partial charge is 0.389 e. The van der Waals surface area contributed by atoms with Gasteiger partial charge in [-0.2, -0.15) is 18.3 Å². The third-order valence-electron chi connectivity index (χ3n) is 4.68. The van der Waals surface area contributed by atoms with Crippen molar-refractivity contribution in [3.63, 3.8) is 0 Å². The molecule has 1 amide bonds. The minimum Gasteiger partial charge on any atom is -0.324 e. The van der Waals surface area contributed by atoms with Gasteiger partial charge in [-0.05, 0) is 56.1 Å². The first-order valence-corrected chi connectivity index (χ1v) is 8.57. The van der Waals surface area contributed by atoms with E-state index in [0.717, 1.165) is 0 Å². The Morgan fingerprint density at radius 1 is 1.27 bits per heavy atom. The number of benzene rings is 1. The number of amides is 1. The molecule has 1 aromatic heterocycles. The maximum atomic E-state index is 13.0. The van der Waals surface area contributed by atoms with Gasteiger partial charge < -0.3 is 10.6 Å². The van der Waals surface area contributed by atoms with Crippen LogP contribution < -0.4 is 10.6 Å². The second kappa shape index (κ2) is 7.49. The maximum Gasteiger partial charge on any atom is 0.389 e. The van der Waals surface area contributed by atoms with Crippen molar-refractivity contribution in [2.24, 2.45) is 0 Å². The zero-order valence-corrected chi connectivity index (χ0v) is 14.2. The standard InChI is InChI=1S/C18H21F3N4O/c19-18(20,21)6-5-14-3-1-4-15(13-14)24-16(26)17(7-10-22-11-8-17)25-12-2-9-23-25/h1-4,9,12-13,22H,5-8,10-11H2,(H,24,26). The Labute approximate surface area is 149 Å². The van der Waals surface area contributed by atoms with Crippen molar-refractivity contribution < 1.29 is 18.0 Å². The molecular formula is C18H21F3N4O. The SMILES string of the molecule is O=C(Nc1cccc(CCC(F)(F)F)c1)C1(n2cccn2)CCNCC1. The van der Waals surface area contributed by atoms with Crippen LogP contribution in [-0.4, -0.2) is 35.0 Å². The lowest BCUT2D eigenvalue weighted by atomic mass is 9.87. The summed E-state index contributed by atoms with van der Waals surface area (Å²) in [6, 6.07) is 8.35. The number of hydrogen-bond acceptors (Lipinski definition) is 3. The van der Waals surface area contributed by atoms with Gasteiger partial charge in [0.1, 0.15) is 5.54 Å². The molecule has 1 saturated heterocycles. The molecule has 3 rings (SSSR count). The van der Waals surface area contributed by atoms with Crippen molar-refractivity contribution in [3.8, 4) is 0 Å². The molecule has 0 saturated carbocycles. The van der Waals surface area contributed by atoms with Gasteiger partial charge >= 0.3 is 6.18 Å². The summed E-state index contributed by atoms with van der Waals surface area (Å²) >= 11 is 0. The van der Waals surface area contributed by atoms with Crippen molar-refractivity contribution in [3.05, 3.63) is 48.3 Å². The van der Waals surface area contributed by atoms with Crippen molar-refractivity contribution in [2.75, 3.05) is 18.4 Å². The Bertz CT molecular complexity index is 737. The number of rotatable bonds is 5. The number of nitrogens with zero attached hydrogens (tertiary/aromatic N) is 2. The van der Waals surface area contributed by atoms with Gasteiger partial charge in [0.2, 0.25) is 0 Å². The first-order chi connectivity index (χ1) is 12.4. The van der Waals surface area contributed by atoms with Crippen LogP contribution in [0.25, 0.3) is 0 Å². The lowest BCUT2D eigenvalue weighted by molar-refractivity contribution is -0.134. The predicted octanol–water partition coefficient (Wildman–Crippen LogP) is 3.10. The molecule has 8 heteroatoms. The Kier molecular flexibility index (Phi) is 5.31. The number of aromatic nitrogens is 2. The highest BCUT2D eigenvalue weighted by atomic mass is 19.4. The summed E-state index contributed by atoms with van der Waals surface area (Å²) in [5.74, 6) is -0.198. The Morgan fingerprint density at radius 3 is 2.69 bits per heavy atom. The molecule has 1 aliphatic heterocycles. The Hall–Kier alpha value is -2.35. The van der Waals surface area contributed by atoms with E-state index in [9.17, 15) is 18.0 Å². The van der Waals surface area contributed by atoms with E-state index < -0.39 is 18.1 Å². The normalized spacial score (nSPS) is 17.0. The van der Waals surface area contributed by atoms with Gasteiger partial charge in [-0.3, -0.25) is 9.48 Å². The number of anilines is 1. The lowest BCUT2D eigenvalue weighted by Crippen LogP contribution is -2.52. The summed E-state index contributed by atoms with van der Waals surface area (Å²) < 4.78 is 38.9. The van der Waals surface area contributed by atoms with Crippen LogP contribution in [0.4, 0.5) is 18.9 Å². The molecule has 0 unspecified atom stereocenters. The van der Waals surface area contributed by atoms with Gasteiger partial charge in [0.05, 0.1) is 0 Å². The molecule has 1 fully saturated rings. The van der Waals surface area contributed by atoms with E-state index in [-0.39, 0.29) is 12.3 Å². The van der Waals surface area contributed by atoms with E-state index in [0.29, 0.717) is 37.2 Å². The average Bonchev–Trinajstić information content (AvgIpc) is 3.15. The molecule has 0 spiro atoms. The highest BCUT2D eigenvalue weighted by Gasteiger charge is 2.42. The Morgan fingerprint density at radius 2 is 2.04 bits per heavy atom. The number of aryl methyl sites for hydroxylation is 1. The molecule has 0 aliphatic carbocycles. The zero-order chi connectivity index (χ0) is 18.6. The molecule has 26 heavy (non-hydrogen) atoms. The molecule has 5 nitrogen and oxygen atoms in total. The number of hydrogen-bond donors (Lipinski definition) is 2. The molecule has 2 heterocycles. The number of halogens is 3. The Balaban J connectivity index is 1.76. The number of piperidine rings is 1. The molecule has 1 aliphatic rings. The fourth-order valence-electron chi connectivity index (χ4n) is 3.26. The topological polar surface area (TPSA) is 59.0 Å². The van der Waals surface area contributed by atoms with E-state index in [1.165, 1.54) is 0 Å². The minimum atomic E-state index is -4.20. The predicted molar refractivity (Wildman–Crippen MR) is 91.8 cm³/mol. The molecule has 0 atom stereocenters. The van der Waals surface area contributed by atoms with Crippen LogP contribution in [0.1, 0.15) is 24.8 Å². The van der Waals surface area contributed by atoms with E-state index in [4.69, 9.17) is 0 Å². The van der Waals surface area contributed by atoms with Gasteiger partial charge in [-0.1, -0.05) is 12.1 Å². The quantitative estimate of drug-likeness (QED) is 0.855. The van der Waals surface area contributed by atoms with Crippen LogP contribution in [0, 0.1) is 0 Å². The summed E-state index contributed by atoms with van der Waals surface area (Å²) in [6.07, 6.45) is -0.602. The average molecular weight is 366 g/mol. The fraction of sp³-hybridized carbons (Fsp3) is 0.444.